The van der Waals surface area contributed by atoms with Crippen LogP contribution in [-0.2, 0) is 9.59 Å². The maximum Gasteiger partial charge on any atom is 0.282 e. The number of hydrogen-bond acceptors (Lipinski definition) is 7. The molecule has 0 aliphatic carbocycles. The second-order valence-corrected chi connectivity index (χ2v) is 4.89. The second kappa shape index (κ2) is 6.17. The quantitative estimate of drug-likeness (QED) is 0.630. The van der Waals surface area contributed by atoms with E-state index in [-0.39, 0.29) is 5.71 Å². The second-order valence-electron chi connectivity index (χ2n) is 4.42. The first kappa shape index (κ1) is 15.4. The van der Waals surface area contributed by atoms with Crippen molar-refractivity contribution in [2.24, 2.45) is 5.10 Å². The monoisotopic (exact) mass is 311 g/mol. The molecule has 0 bridgehead atoms. The van der Waals surface area contributed by atoms with Gasteiger partial charge in [-0.2, -0.15) is 5.10 Å². The maximum atomic E-state index is 12.3. The first-order chi connectivity index (χ1) is 9.99. The van der Waals surface area contributed by atoms with Crippen molar-refractivity contribution < 1.29 is 14.1 Å². The molecule has 0 radical (unpaired) electrons. The van der Waals surface area contributed by atoms with Gasteiger partial charge in [-0.25, -0.2) is 0 Å². The predicted molar refractivity (Wildman–Crippen MR) is 79.8 cm³/mol. The highest BCUT2D eigenvalue weighted by Gasteiger charge is 2.41. The summed E-state index contributed by atoms with van der Waals surface area (Å²) in [5.74, 6) is 0.0133. The van der Waals surface area contributed by atoms with Crippen LogP contribution in [0.1, 0.15) is 19.6 Å². The Morgan fingerprint density at radius 3 is 2.33 bits per heavy atom. The maximum absolute atomic E-state index is 12.3. The van der Waals surface area contributed by atoms with Gasteiger partial charge in [-0.05, 0) is 20.8 Å². The van der Waals surface area contributed by atoms with Crippen molar-refractivity contribution in [2.75, 3.05) is 18.5 Å². The van der Waals surface area contributed by atoms with E-state index in [1.54, 1.807) is 13.0 Å². The van der Waals surface area contributed by atoms with Gasteiger partial charge in [0.2, 0.25) is 5.71 Å². The van der Waals surface area contributed by atoms with Gasteiger partial charge in [-0.3, -0.25) is 15.0 Å². The summed E-state index contributed by atoms with van der Waals surface area (Å²) < 4.78 is 4.88. The lowest BCUT2D eigenvalue weighted by atomic mass is 10.2. The molecule has 2 heterocycles. The first-order valence-corrected chi connectivity index (χ1v) is 7.08. The van der Waals surface area contributed by atoms with Gasteiger partial charge in [-0.1, -0.05) is 5.16 Å². The number of hydrazone groups is 1. The zero-order valence-corrected chi connectivity index (χ0v) is 12.9. The number of aromatic nitrogens is 1. The lowest BCUT2D eigenvalue weighted by molar-refractivity contribution is -0.139. The Morgan fingerprint density at radius 1 is 1.33 bits per heavy atom. The Morgan fingerprint density at radius 2 is 1.90 bits per heavy atom. The van der Waals surface area contributed by atoms with Gasteiger partial charge < -0.3 is 14.3 Å². The molecule has 21 heavy (non-hydrogen) atoms. The first-order valence-electron chi connectivity index (χ1n) is 6.56. The number of hydrogen-bond donors (Lipinski definition) is 2. The fourth-order valence-corrected chi connectivity index (χ4v) is 2.52. The van der Waals surface area contributed by atoms with Crippen LogP contribution in [0.4, 0.5) is 5.82 Å². The molecule has 1 aliphatic heterocycles. The summed E-state index contributed by atoms with van der Waals surface area (Å²) in [5.41, 5.74) is 1.80. The molecule has 1 N–H and O–H groups in total. The number of anilines is 1. The number of nitrogens with one attached hydrogen (secondary N) is 1. The van der Waals surface area contributed by atoms with Crippen LogP contribution >= 0.6 is 12.6 Å². The standard InChI is InChI=1S/C12H17N5O3S/c1-4-16-10(18)9(11(19)17(5-2)12(16)21)14-13-8-6-7(3)20-15-8/h6,12,21H,4-5H2,1-3H3,(H,13,15). The molecule has 1 aliphatic rings. The minimum Gasteiger partial charge on any atom is -0.359 e. The SMILES string of the molecule is CCN1C(=O)C(=NNc2cc(C)on2)C(=O)N(CC)C1S. The number of carbonyl (C=O) groups excluding carboxylic acids is 2. The van der Waals surface area contributed by atoms with Crippen molar-refractivity contribution >= 4 is 36.0 Å². The van der Waals surface area contributed by atoms with Crippen LogP contribution in [0.25, 0.3) is 0 Å². The van der Waals surface area contributed by atoms with Crippen LogP contribution in [0.2, 0.25) is 0 Å². The number of amides is 2. The van der Waals surface area contributed by atoms with Gasteiger partial charge in [0, 0.05) is 19.2 Å². The smallest absolute Gasteiger partial charge is 0.282 e. The van der Waals surface area contributed by atoms with E-state index < -0.39 is 17.3 Å². The molecule has 1 aromatic heterocycles. The van der Waals surface area contributed by atoms with Crippen LogP contribution in [0.3, 0.4) is 0 Å². The molecule has 1 fully saturated rings. The van der Waals surface area contributed by atoms with E-state index >= 15 is 0 Å². The molecular formula is C12H17N5O3S. The molecule has 8 nitrogen and oxygen atoms in total. The van der Waals surface area contributed by atoms with Crippen molar-refractivity contribution in [3.05, 3.63) is 11.8 Å². The summed E-state index contributed by atoms with van der Waals surface area (Å²) in [7, 11) is 0. The van der Waals surface area contributed by atoms with E-state index in [0.29, 0.717) is 24.7 Å². The average Bonchev–Trinajstić information content (AvgIpc) is 2.85. The molecule has 0 aromatic carbocycles. The zero-order valence-electron chi connectivity index (χ0n) is 12.0. The normalized spacial score (nSPS) is 19.2. The number of nitrogens with zero attached hydrogens (tertiary/aromatic N) is 4. The molecule has 2 rings (SSSR count). The van der Waals surface area contributed by atoms with E-state index in [1.807, 2.05) is 13.8 Å². The highest BCUT2D eigenvalue weighted by atomic mass is 32.1. The molecule has 9 heteroatoms. The van der Waals surface area contributed by atoms with Crippen LogP contribution in [0, 0.1) is 6.92 Å². The topological polar surface area (TPSA) is 91.0 Å². The van der Waals surface area contributed by atoms with Crippen molar-refractivity contribution in [3.8, 4) is 0 Å². The van der Waals surface area contributed by atoms with Crippen molar-refractivity contribution in [3.63, 3.8) is 0 Å². The minimum absolute atomic E-state index is 0.190. The highest BCUT2D eigenvalue weighted by molar-refractivity contribution is 7.80. The van der Waals surface area contributed by atoms with Crippen molar-refractivity contribution in [1.29, 1.82) is 0 Å². The third-order valence-electron chi connectivity index (χ3n) is 3.08. The van der Waals surface area contributed by atoms with Crippen LogP contribution in [0.5, 0.6) is 0 Å². The van der Waals surface area contributed by atoms with Gasteiger partial charge in [-0.15, -0.1) is 12.6 Å². The molecule has 1 saturated heterocycles. The van der Waals surface area contributed by atoms with E-state index in [1.165, 1.54) is 9.80 Å². The zero-order chi connectivity index (χ0) is 15.6. The molecule has 114 valence electrons. The predicted octanol–water partition coefficient (Wildman–Crippen LogP) is 0.675. The summed E-state index contributed by atoms with van der Waals surface area (Å²) in [6, 6.07) is 1.61. The van der Waals surface area contributed by atoms with Crippen molar-refractivity contribution in [1.82, 2.24) is 15.0 Å². The molecule has 0 atom stereocenters. The molecule has 2 amide bonds. The number of thiol groups is 1. The molecule has 1 aromatic rings. The number of carbonyl (C=O) groups is 2. The lowest BCUT2D eigenvalue weighted by Gasteiger charge is -2.39. The minimum atomic E-state index is -0.576. The number of rotatable bonds is 4. The van der Waals surface area contributed by atoms with E-state index in [9.17, 15) is 9.59 Å². The summed E-state index contributed by atoms with van der Waals surface area (Å²) in [5, 5.41) is 7.57. The summed E-state index contributed by atoms with van der Waals surface area (Å²) in [6.45, 7) is 6.22. The van der Waals surface area contributed by atoms with Gasteiger partial charge in [0.15, 0.2) is 11.3 Å². The van der Waals surface area contributed by atoms with Crippen LogP contribution < -0.4 is 5.43 Å². The van der Waals surface area contributed by atoms with Gasteiger partial charge in [0.05, 0.1) is 0 Å². The fraction of sp³-hybridized carbons (Fsp3) is 0.500. The lowest BCUT2D eigenvalue weighted by Crippen LogP contribution is -2.61. The molecule has 0 spiro atoms. The van der Waals surface area contributed by atoms with Crippen LogP contribution in [-0.4, -0.2) is 51.1 Å². The summed E-state index contributed by atoms with van der Waals surface area (Å²) >= 11 is 4.32. The highest BCUT2D eigenvalue weighted by Crippen LogP contribution is 2.18. The van der Waals surface area contributed by atoms with E-state index in [2.05, 4.69) is 28.3 Å². The van der Waals surface area contributed by atoms with Gasteiger partial charge in [0.25, 0.3) is 11.8 Å². The summed E-state index contributed by atoms with van der Waals surface area (Å²) in [6.07, 6.45) is 0. The molecule has 0 unspecified atom stereocenters. The van der Waals surface area contributed by atoms with Crippen molar-refractivity contribution in [2.45, 2.75) is 26.3 Å². The van der Waals surface area contributed by atoms with Gasteiger partial charge in [0.1, 0.15) is 5.76 Å². The Bertz CT molecular complexity index is 559. The fourth-order valence-electron chi connectivity index (χ4n) is 1.98. The Hall–Kier alpha value is -2.03. The third-order valence-corrected chi connectivity index (χ3v) is 3.63. The Kier molecular flexibility index (Phi) is 4.51. The van der Waals surface area contributed by atoms with E-state index in [0.717, 1.165) is 0 Å². The van der Waals surface area contributed by atoms with E-state index in [4.69, 9.17) is 4.52 Å². The Balaban J connectivity index is 2.27. The molecular weight excluding hydrogens is 294 g/mol. The number of aryl methyl sites for hydroxylation is 1. The molecule has 0 saturated carbocycles. The largest absolute Gasteiger partial charge is 0.359 e. The average molecular weight is 311 g/mol. The third kappa shape index (κ3) is 2.87. The summed E-state index contributed by atoms with van der Waals surface area (Å²) in [4.78, 5) is 27.5. The van der Waals surface area contributed by atoms with Crippen LogP contribution in [0.15, 0.2) is 15.7 Å². The van der Waals surface area contributed by atoms with Gasteiger partial charge >= 0.3 is 0 Å². The Labute approximate surface area is 127 Å².